The fourth-order valence-electron chi connectivity index (χ4n) is 3.02. The molecule has 0 radical (unpaired) electrons. The van der Waals surface area contributed by atoms with Gasteiger partial charge in [0.2, 0.25) is 5.91 Å². The van der Waals surface area contributed by atoms with Crippen molar-refractivity contribution in [2.24, 2.45) is 5.92 Å². The Hall–Kier alpha value is -3.29. The van der Waals surface area contributed by atoms with Gasteiger partial charge in [0.05, 0.1) is 19.4 Å². The first kappa shape index (κ1) is 24.0. The minimum atomic E-state index is -0.518. The zero-order valence-electron chi connectivity index (χ0n) is 18.4. The number of ether oxygens (including phenoxy) is 1. The van der Waals surface area contributed by atoms with Crippen LogP contribution in [0.3, 0.4) is 0 Å². The molecular weight excluding hydrogens is 398 g/mol. The van der Waals surface area contributed by atoms with Gasteiger partial charge in [-0.3, -0.25) is 9.59 Å². The average Bonchev–Trinajstić information content (AvgIpc) is 3.25. The summed E-state index contributed by atoms with van der Waals surface area (Å²) >= 11 is 0. The number of nitrogens with one attached hydrogen (secondary N) is 1. The van der Waals surface area contributed by atoms with Crippen LogP contribution in [0.4, 0.5) is 4.79 Å². The van der Waals surface area contributed by atoms with Gasteiger partial charge in [-0.25, -0.2) is 4.79 Å². The first-order chi connectivity index (χ1) is 14.9. The molecule has 1 N–H and O–H groups in total. The molecule has 0 aliphatic carbocycles. The molecule has 1 aromatic carbocycles. The van der Waals surface area contributed by atoms with E-state index in [4.69, 9.17) is 9.15 Å². The number of carbonyl (C=O) groups excluding carboxylic acids is 3. The molecule has 31 heavy (non-hydrogen) atoms. The number of rotatable bonds is 11. The third kappa shape index (κ3) is 8.54. The standard InChI is InChI=1S/C23H31N3O5/c1-4-30-22(28)13-24-23(29)26(14-18(2)3)17-21(27)25(16-20-11-8-12-31-20)15-19-9-6-5-7-10-19/h5-12,18H,4,13-17H2,1-3H3,(H,24,29). The number of hydrogen-bond acceptors (Lipinski definition) is 5. The van der Waals surface area contributed by atoms with E-state index in [0.717, 1.165) is 5.56 Å². The van der Waals surface area contributed by atoms with Gasteiger partial charge in [0.1, 0.15) is 18.8 Å². The summed E-state index contributed by atoms with van der Waals surface area (Å²) in [6, 6.07) is 12.7. The summed E-state index contributed by atoms with van der Waals surface area (Å²) in [5, 5.41) is 2.54. The van der Waals surface area contributed by atoms with Gasteiger partial charge in [0, 0.05) is 13.1 Å². The Labute approximate surface area is 183 Å². The van der Waals surface area contributed by atoms with Crippen molar-refractivity contribution in [1.82, 2.24) is 15.1 Å². The summed E-state index contributed by atoms with van der Waals surface area (Å²) in [7, 11) is 0. The second-order valence-electron chi connectivity index (χ2n) is 7.55. The van der Waals surface area contributed by atoms with E-state index in [0.29, 0.717) is 25.4 Å². The topological polar surface area (TPSA) is 92.1 Å². The van der Waals surface area contributed by atoms with Gasteiger partial charge in [-0.2, -0.15) is 0 Å². The molecule has 0 bridgehead atoms. The lowest BCUT2D eigenvalue weighted by molar-refractivity contribution is -0.141. The largest absolute Gasteiger partial charge is 0.467 e. The summed E-state index contributed by atoms with van der Waals surface area (Å²) in [5.74, 6) is 0.0719. The van der Waals surface area contributed by atoms with Crippen molar-refractivity contribution < 1.29 is 23.5 Å². The normalized spacial score (nSPS) is 10.6. The predicted octanol–water partition coefficient (Wildman–Crippen LogP) is 3.04. The smallest absolute Gasteiger partial charge is 0.325 e. The Balaban J connectivity index is 2.09. The van der Waals surface area contributed by atoms with Crippen LogP contribution in [0.5, 0.6) is 0 Å². The van der Waals surface area contributed by atoms with Crippen LogP contribution in [0.1, 0.15) is 32.1 Å². The molecule has 168 valence electrons. The Morgan fingerprint density at radius 2 is 1.77 bits per heavy atom. The van der Waals surface area contributed by atoms with Crippen LogP contribution in [0.15, 0.2) is 53.1 Å². The molecule has 0 atom stereocenters. The second-order valence-corrected chi connectivity index (χ2v) is 7.55. The summed E-state index contributed by atoms with van der Waals surface area (Å²) in [5.41, 5.74) is 0.976. The SMILES string of the molecule is CCOC(=O)CNC(=O)N(CC(=O)N(Cc1ccccc1)Cc1ccco1)CC(C)C. The highest BCUT2D eigenvalue weighted by molar-refractivity contribution is 5.86. The van der Waals surface area contributed by atoms with Gasteiger partial charge in [0.25, 0.3) is 0 Å². The molecule has 2 aromatic rings. The van der Waals surface area contributed by atoms with E-state index in [1.165, 1.54) is 4.90 Å². The lowest BCUT2D eigenvalue weighted by Gasteiger charge is -2.28. The number of furan rings is 1. The molecule has 3 amide bonds. The van der Waals surface area contributed by atoms with Gasteiger partial charge in [0.15, 0.2) is 0 Å². The van der Waals surface area contributed by atoms with Crippen molar-refractivity contribution >= 4 is 17.9 Å². The third-order valence-electron chi connectivity index (χ3n) is 4.38. The van der Waals surface area contributed by atoms with Gasteiger partial charge in [-0.05, 0) is 30.5 Å². The molecule has 0 aliphatic rings. The summed E-state index contributed by atoms with van der Waals surface area (Å²) in [4.78, 5) is 40.5. The minimum absolute atomic E-state index is 0.111. The van der Waals surface area contributed by atoms with Gasteiger partial charge in [-0.15, -0.1) is 0 Å². The first-order valence-corrected chi connectivity index (χ1v) is 10.4. The highest BCUT2D eigenvalue weighted by atomic mass is 16.5. The van der Waals surface area contributed by atoms with Crippen molar-refractivity contribution in [2.75, 3.05) is 26.2 Å². The fourth-order valence-corrected chi connectivity index (χ4v) is 3.02. The average molecular weight is 430 g/mol. The maximum Gasteiger partial charge on any atom is 0.325 e. The Morgan fingerprint density at radius 3 is 2.39 bits per heavy atom. The van der Waals surface area contributed by atoms with E-state index in [-0.39, 0.29) is 31.5 Å². The van der Waals surface area contributed by atoms with Crippen LogP contribution < -0.4 is 5.32 Å². The number of carbonyl (C=O) groups is 3. The molecule has 0 aliphatic heterocycles. The van der Waals surface area contributed by atoms with Crippen LogP contribution in [0.25, 0.3) is 0 Å². The lowest BCUT2D eigenvalue weighted by Crippen LogP contribution is -2.48. The van der Waals surface area contributed by atoms with Gasteiger partial charge in [-0.1, -0.05) is 44.2 Å². The molecule has 1 heterocycles. The van der Waals surface area contributed by atoms with Gasteiger partial charge >= 0.3 is 12.0 Å². The van der Waals surface area contributed by atoms with Crippen LogP contribution in [0.2, 0.25) is 0 Å². The molecule has 0 spiro atoms. The molecule has 0 saturated heterocycles. The van der Waals surface area contributed by atoms with E-state index in [1.54, 1.807) is 24.2 Å². The van der Waals surface area contributed by atoms with Crippen LogP contribution in [-0.2, 0) is 27.4 Å². The Bertz CT molecular complexity index is 821. The van der Waals surface area contributed by atoms with Crippen LogP contribution in [-0.4, -0.2) is 53.9 Å². The molecule has 0 unspecified atom stereocenters. The van der Waals surface area contributed by atoms with E-state index in [9.17, 15) is 14.4 Å². The second kappa shape index (κ2) is 12.4. The minimum Gasteiger partial charge on any atom is -0.467 e. The van der Waals surface area contributed by atoms with Crippen molar-refractivity contribution in [3.05, 3.63) is 60.1 Å². The summed E-state index contributed by atoms with van der Waals surface area (Å²) in [6.45, 7) is 6.56. The highest BCUT2D eigenvalue weighted by Crippen LogP contribution is 2.12. The predicted molar refractivity (Wildman–Crippen MR) is 116 cm³/mol. The number of amides is 3. The zero-order valence-corrected chi connectivity index (χ0v) is 18.4. The van der Waals surface area contributed by atoms with Crippen molar-refractivity contribution in [1.29, 1.82) is 0 Å². The maximum atomic E-state index is 13.2. The van der Waals surface area contributed by atoms with E-state index >= 15 is 0 Å². The Morgan fingerprint density at radius 1 is 1.03 bits per heavy atom. The van der Waals surface area contributed by atoms with Crippen LogP contribution >= 0.6 is 0 Å². The first-order valence-electron chi connectivity index (χ1n) is 10.4. The summed E-state index contributed by atoms with van der Waals surface area (Å²) in [6.07, 6.45) is 1.56. The van der Waals surface area contributed by atoms with E-state index < -0.39 is 12.0 Å². The zero-order chi connectivity index (χ0) is 22.6. The Kier molecular flexibility index (Phi) is 9.61. The van der Waals surface area contributed by atoms with Gasteiger partial charge < -0.3 is 24.3 Å². The monoisotopic (exact) mass is 429 g/mol. The number of urea groups is 1. The molecule has 2 rings (SSSR count). The van der Waals surface area contributed by atoms with Crippen molar-refractivity contribution in [2.45, 2.75) is 33.9 Å². The number of nitrogens with zero attached hydrogens (tertiary/aromatic N) is 2. The quantitative estimate of drug-likeness (QED) is 0.555. The third-order valence-corrected chi connectivity index (χ3v) is 4.38. The highest BCUT2D eigenvalue weighted by Gasteiger charge is 2.23. The molecule has 8 nitrogen and oxygen atoms in total. The molecular formula is C23H31N3O5. The van der Waals surface area contributed by atoms with E-state index in [1.807, 2.05) is 50.2 Å². The van der Waals surface area contributed by atoms with Crippen LogP contribution in [0, 0.1) is 5.92 Å². The fraction of sp³-hybridized carbons (Fsp3) is 0.435. The van der Waals surface area contributed by atoms with Crippen molar-refractivity contribution in [3.8, 4) is 0 Å². The molecule has 1 aromatic heterocycles. The number of benzene rings is 1. The molecule has 0 saturated carbocycles. The number of hydrogen-bond donors (Lipinski definition) is 1. The molecule has 0 fully saturated rings. The summed E-state index contributed by atoms with van der Waals surface area (Å²) < 4.78 is 10.3. The lowest BCUT2D eigenvalue weighted by atomic mass is 10.2. The maximum absolute atomic E-state index is 13.2. The molecule has 8 heteroatoms. The van der Waals surface area contributed by atoms with E-state index in [2.05, 4.69) is 5.32 Å². The number of esters is 1. The van der Waals surface area contributed by atoms with Crippen molar-refractivity contribution in [3.63, 3.8) is 0 Å².